The predicted octanol–water partition coefficient (Wildman–Crippen LogP) is 0.338. The highest BCUT2D eigenvalue weighted by atomic mass is 16.5. The van der Waals surface area contributed by atoms with Gasteiger partial charge >= 0.3 is 5.97 Å². The molecule has 0 aromatic carbocycles. The molecular formula is C13H19N3O4. The van der Waals surface area contributed by atoms with Gasteiger partial charge in [0.2, 0.25) is 0 Å². The topological polar surface area (TPSA) is 109 Å². The number of aliphatic hydroxyl groups excluding tert-OH is 1. The molecule has 2 rings (SSSR count). The predicted molar refractivity (Wildman–Crippen MR) is 73.9 cm³/mol. The molecular weight excluding hydrogens is 262 g/mol. The Morgan fingerprint density at radius 2 is 2.35 bits per heavy atom. The third kappa shape index (κ3) is 2.83. The minimum Gasteiger partial charge on any atom is -0.478 e. The van der Waals surface area contributed by atoms with E-state index in [1.807, 2.05) is 18.7 Å². The first-order valence-corrected chi connectivity index (χ1v) is 6.35. The highest BCUT2D eigenvalue weighted by Crippen LogP contribution is 2.30. The summed E-state index contributed by atoms with van der Waals surface area (Å²) >= 11 is 0. The summed E-state index contributed by atoms with van der Waals surface area (Å²) in [6.45, 7) is 4.63. The van der Waals surface area contributed by atoms with Gasteiger partial charge in [-0.3, -0.25) is 0 Å². The first-order chi connectivity index (χ1) is 9.34. The van der Waals surface area contributed by atoms with E-state index in [-0.39, 0.29) is 24.0 Å². The number of ether oxygens (including phenoxy) is 1. The number of nitrogens with zero attached hydrogens (tertiary/aromatic N) is 2. The number of carboxylic acid groups (broad SMARTS) is 1. The fourth-order valence-corrected chi connectivity index (χ4v) is 2.45. The Bertz CT molecular complexity index is 518. The lowest BCUT2D eigenvalue weighted by Crippen LogP contribution is -2.54. The minimum absolute atomic E-state index is 0.0276. The second kappa shape index (κ2) is 5.26. The van der Waals surface area contributed by atoms with Gasteiger partial charge in [0.05, 0.1) is 29.6 Å². The van der Waals surface area contributed by atoms with E-state index < -0.39 is 11.6 Å². The smallest absolute Gasteiger partial charge is 0.337 e. The van der Waals surface area contributed by atoms with E-state index in [2.05, 4.69) is 4.98 Å². The number of carbonyl (C=O) groups is 1. The summed E-state index contributed by atoms with van der Waals surface area (Å²) in [5.74, 6) is -0.669. The highest BCUT2D eigenvalue weighted by molar-refractivity contribution is 5.96. The zero-order chi connectivity index (χ0) is 14.9. The van der Waals surface area contributed by atoms with Gasteiger partial charge in [0.25, 0.3) is 0 Å². The van der Waals surface area contributed by atoms with Crippen molar-refractivity contribution in [3.8, 4) is 0 Å². The summed E-state index contributed by atoms with van der Waals surface area (Å²) in [5.41, 5.74) is 5.59. The van der Waals surface area contributed by atoms with Crippen molar-refractivity contribution in [2.75, 3.05) is 30.3 Å². The number of rotatable bonds is 3. The molecule has 1 saturated heterocycles. The summed E-state index contributed by atoms with van der Waals surface area (Å²) < 4.78 is 5.72. The Labute approximate surface area is 117 Å². The second-order valence-corrected chi connectivity index (χ2v) is 5.46. The van der Waals surface area contributed by atoms with E-state index in [0.717, 1.165) is 0 Å². The molecule has 0 bridgehead atoms. The van der Waals surface area contributed by atoms with Gasteiger partial charge < -0.3 is 25.6 Å². The summed E-state index contributed by atoms with van der Waals surface area (Å²) in [6.07, 6.45) is 1.07. The number of hydrogen-bond donors (Lipinski definition) is 3. The van der Waals surface area contributed by atoms with Crippen LogP contribution in [0.3, 0.4) is 0 Å². The van der Waals surface area contributed by atoms with Crippen LogP contribution in [0.15, 0.2) is 12.3 Å². The second-order valence-electron chi connectivity index (χ2n) is 5.46. The van der Waals surface area contributed by atoms with Crippen LogP contribution in [-0.4, -0.2) is 52.6 Å². The van der Waals surface area contributed by atoms with Crippen molar-refractivity contribution in [1.82, 2.24) is 4.98 Å². The molecule has 1 fully saturated rings. The molecule has 1 aromatic rings. The summed E-state index contributed by atoms with van der Waals surface area (Å²) in [5, 5.41) is 18.4. The number of aliphatic hydroxyl groups is 1. The van der Waals surface area contributed by atoms with Crippen LogP contribution >= 0.6 is 0 Å². The quantitative estimate of drug-likeness (QED) is 0.732. The fraction of sp³-hybridized carbons (Fsp3) is 0.538. The van der Waals surface area contributed by atoms with Crippen LogP contribution in [0.25, 0.3) is 0 Å². The highest BCUT2D eigenvalue weighted by Gasteiger charge is 2.34. The number of nitrogens with two attached hydrogens (primary N) is 1. The molecule has 1 unspecified atom stereocenters. The lowest BCUT2D eigenvalue weighted by atomic mass is 10.0. The molecule has 110 valence electrons. The molecule has 0 amide bonds. The largest absolute Gasteiger partial charge is 0.478 e. The first kappa shape index (κ1) is 14.5. The van der Waals surface area contributed by atoms with Crippen molar-refractivity contribution >= 4 is 17.5 Å². The molecule has 7 nitrogen and oxygen atoms in total. The van der Waals surface area contributed by atoms with E-state index in [1.54, 1.807) is 0 Å². The maximum Gasteiger partial charge on any atom is 0.337 e. The summed E-state index contributed by atoms with van der Waals surface area (Å²) in [7, 11) is 0. The maximum absolute atomic E-state index is 11.1. The SMILES string of the molecule is CC1(C)CN(c2nccc(C(=O)O)c2N)CC(CO)O1. The average molecular weight is 281 g/mol. The van der Waals surface area contributed by atoms with Crippen LogP contribution in [0, 0.1) is 0 Å². The number of pyridine rings is 1. The van der Waals surface area contributed by atoms with Crippen LogP contribution in [-0.2, 0) is 4.74 Å². The number of aromatic nitrogens is 1. The standard InChI is InChI=1S/C13H19N3O4/c1-13(2)7-16(5-8(6-17)20-13)11-10(14)9(12(18)19)3-4-15-11/h3-4,8,17H,5-7,14H2,1-2H3,(H,18,19). The monoisotopic (exact) mass is 281 g/mol. The van der Waals surface area contributed by atoms with E-state index in [0.29, 0.717) is 18.9 Å². The molecule has 4 N–H and O–H groups in total. The van der Waals surface area contributed by atoms with Crippen molar-refractivity contribution in [2.24, 2.45) is 0 Å². The van der Waals surface area contributed by atoms with Gasteiger partial charge in [-0.05, 0) is 19.9 Å². The Morgan fingerprint density at radius 1 is 1.65 bits per heavy atom. The van der Waals surface area contributed by atoms with Crippen molar-refractivity contribution in [2.45, 2.75) is 25.6 Å². The lowest BCUT2D eigenvalue weighted by molar-refractivity contribution is -0.101. The zero-order valence-electron chi connectivity index (χ0n) is 11.5. The van der Waals surface area contributed by atoms with Gasteiger partial charge in [-0.2, -0.15) is 0 Å². The molecule has 1 aliphatic heterocycles. The molecule has 1 aromatic heterocycles. The molecule has 0 aliphatic carbocycles. The average Bonchev–Trinajstić information content (AvgIpc) is 2.36. The minimum atomic E-state index is -1.09. The van der Waals surface area contributed by atoms with Crippen LogP contribution in [0.2, 0.25) is 0 Å². The zero-order valence-corrected chi connectivity index (χ0v) is 11.5. The van der Waals surface area contributed by atoms with Crippen LogP contribution < -0.4 is 10.6 Å². The van der Waals surface area contributed by atoms with E-state index in [4.69, 9.17) is 15.6 Å². The Kier molecular flexibility index (Phi) is 3.82. The van der Waals surface area contributed by atoms with Gasteiger partial charge in [0.15, 0.2) is 5.82 Å². The van der Waals surface area contributed by atoms with Crippen molar-refractivity contribution < 1.29 is 19.7 Å². The summed E-state index contributed by atoms with van der Waals surface area (Å²) in [6, 6.07) is 1.37. The molecule has 0 saturated carbocycles. The van der Waals surface area contributed by atoms with Crippen LogP contribution in [0.5, 0.6) is 0 Å². The van der Waals surface area contributed by atoms with Gasteiger partial charge in [0, 0.05) is 19.3 Å². The molecule has 1 atom stereocenters. The van der Waals surface area contributed by atoms with Crippen molar-refractivity contribution in [3.05, 3.63) is 17.8 Å². The fourth-order valence-electron chi connectivity index (χ4n) is 2.45. The van der Waals surface area contributed by atoms with E-state index >= 15 is 0 Å². The van der Waals surface area contributed by atoms with Crippen LogP contribution in [0.1, 0.15) is 24.2 Å². The number of hydrogen-bond acceptors (Lipinski definition) is 6. The molecule has 7 heteroatoms. The van der Waals surface area contributed by atoms with Gasteiger partial charge in [-0.25, -0.2) is 9.78 Å². The Hall–Kier alpha value is -1.86. The molecule has 0 radical (unpaired) electrons. The number of anilines is 2. The molecule has 20 heavy (non-hydrogen) atoms. The van der Waals surface area contributed by atoms with Gasteiger partial charge in [0.1, 0.15) is 0 Å². The van der Waals surface area contributed by atoms with E-state index in [9.17, 15) is 9.90 Å². The van der Waals surface area contributed by atoms with Crippen molar-refractivity contribution in [1.29, 1.82) is 0 Å². The summed E-state index contributed by atoms with van der Waals surface area (Å²) in [4.78, 5) is 17.1. The van der Waals surface area contributed by atoms with Crippen LogP contribution in [0.4, 0.5) is 11.5 Å². The molecule has 0 spiro atoms. The number of nitrogen functional groups attached to an aromatic ring is 1. The Morgan fingerprint density at radius 3 is 2.95 bits per heavy atom. The normalized spacial score (nSPS) is 21.8. The Balaban J connectivity index is 2.35. The maximum atomic E-state index is 11.1. The third-order valence-corrected chi connectivity index (χ3v) is 3.18. The van der Waals surface area contributed by atoms with Crippen molar-refractivity contribution in [3.63, 3.8) is 0 Å². The first-order valence-electron chi connectivity index (χ1n) is 6.35. The molecule has 1 aliphatic rings. The number of aromatic carboxylic acids is 1. The third-order valence-electron chi connectivity index (χ3n) is 3.18. The number of carboxylic acids is 1. The van der Waals surface area contributed by atoms with E-state index in [1.165, 1.54) is 12.3 Å². The van der Waals surface area contributed by atoms with Gasteiger partial charge in [-0.15, -0.1) is 0 Å². The molecule has 2 heterocycles. The van der Waals surface area contributed by atoms with Gasteiger partial charge in [-0.1, -0.05) is 0 Å². The number of morpholine rings is 1. The lowest BCUT2D eigenvalue weighted by Gasteiger charge is -2.43.